The van der Waals surface area contributed by atoms with Gasteiger partial charge in [-0.3, -0.25) is 0 Å². The third-order valence-electron chi connectivity index (χ3n) is 3.62. The van der Waals surface area contributed by atoms with Crippen LogP contribution in [-0.2, 0) is 11.3 Å². The Morgan fingerprint density at radius 2 is 2.04 bits per heavy atom. The molecular weight excluding hydrogens is 335 g/mol. The van der Waals surface area contributed by atoms with Crippen molar-refractivity contribution in [2.45, 2.75) is 51.8 Å². The average molecular weight is 359 g/mol. The van der Waals surface area contributed by atoms with Gasteiger partial charge in [-0.1, -0.05) is 23.2 Å². The highest BCUT2D eigenvalue weighted by Crippen LogP contribution is 2.33. The molecule has 6 heteroatoms. The Hall–Kier alpha value is -0.970. The van der Waals surface area contributed by atoms with Gasteiger partial charge < -0.3 is 15.4 Å². The molecular formula is C17H24Cl2N2O2. The Bertz CT molecular complexity index is 554. The quantitative estimate of drug-likeness (QED) is 0.792. The number of hydrogen-bond acceptors (Lipinski definition) is 3. The molecule has 1 amide bonds. The third-order valence-corrected chi connectivity index (χ3v) is 4.22. The highest BCUT2D eigenvalue weighted by atomic mass is 35.5. The van der Waals surface area contributed by atoms with E-state index in [4.69, 9.17) is 27.9 Å². The van der Waals surface area contributed by atoms with Gasteiger partial charge in [-0.25, -0.2) is 4.79 Å². The van der Waals surface area contributed by atoms with Crippen LogP contribution in [0.2, 0.25) is 10.0 Å². The van der Waals surface area contributed by atoms with Crippen LogP contribution in [0.25, 0.3) is 0 Å². The van der Waals surface area contributed by atoms with Crippen molar-refractivity contribution in [3.05, 3.63) is 33.8 Å². The smallest absolute Gasteiger partial charge is 0.407 e. The van der Waals surface area contributed by atoms with E-state index in [9.17, 15) is 4.79 Å². The molecule has 128 valence electrons. The van der Waals surface area contributed by atoms with Crippen molar-refractivity contribution in [2.75, 3.05) is 6.54 Å². The number of ether oxygens (including phenoxy) is 1. The molecule has 0 spiro atoms. The number of carbonyl (C=O) groups is 1. The lowest BCUT2D eigenvalue weighted by Gasteiger charge is -2.23. The number of nitrogens with one attached hydrogen (secondary N) is 2. The molecule has 0 bridgehead atoms. The van der Waals surface area contributed by atoms with E-state index in [-0.39, 0.29) is 12.1 Å². The summed E-state index contributed by atoms with van der Waals surface area (Å²) in [6, 6.07) is 5.64. The van der Waals surface area contributed by atoms with E-state index >= 15 is 0 Å². The van der Waals surface area contributed by atoms with E-state index in [0.717, 1.165) is 5.56 Å². The van der Waals surface area contributed by atoms with Crippen molar-refractivity contribution in [3.63, 3.8) is 0 Å². The van der Waals surface area contributed by atoms with Gasteiger partial charge in [0.15, 0.2) is 0 Å². The Kier molecular flexibility index (Phi) is 6.18. The van der Waals surface area contributed by atoms with E-state index in [0.29, 0.717) is 29.1 Å². The fourth-order valence-electron chi connectivity index (χ4n) is 2.33. The van der Waals surface area contributed by atoms with E-state index in [1.807, 2.05) is 26.8 Å². The molecule has 1 aliphatic carbocycles. The van der Waals surface area contributed by atoms with E-state index in [1.165, 1.54) is 12.8 Å². The Labute approximate surface area is 147 Å². The largest absolute Gasteiger partial charge is 0.444 e. The van der Waals surface area contributed by atoms with Crippen LogP contribution in [0.15, 0.2) is 18.2 Å². The SMILES string of the molecule is CC(C)(C)OC(=O)NCC(NCc1cc(Cl)ccc1Cl)C1CC1. The summed E-state index contributed by atoms with van der Waals surface area (Å²) in [6.07, 6.45) is 1.97. The molecule has 0 aromatic heterocycles. The highest BCUT2D eigenvalue weighted by Gasteiger charge is 2.31. The second-order valence-electron chi connectivity index (χ2n) is 6.94. The molecule has 0 aliphatic heterocycles. The summed E-state index contributed by atoms with van der Waals surface area (Å²) in [5.41, 5.74) is 0.475. The molecule has 2 rings (SSSR count). The van der Waals surface area contributed by atoms with Crippen molar-refractivity contribution in [3.8, 4) is 0 Å². The van der Waals surface area contributed by atoms with Crippen LogP contribution < -0.4 is 10.6 Å². The van der Waals surface area contributed by atoms with Gasteiger partial charge in [0.05, 0.1) is 0 Å². The fraction of sp³-hybridized carbons (Fsp3) is 0.588. The van der Waals surface area contributed by atoms with Crippen LogP contribution in [0.1, 0.15) is 39.2 Å². The normalized spacial score (nSPS) is 16.0. The molecule has 1 fully saturated rings. The number of rotatable bonds is 6. The van der Waals surface area contributed by atoms with E-state index < -0.39 is 5.60 Å². The molecule has 1 aliphatic rings. The minimum atomic E-state index is -0.485. The Morgan fingerprint density at radius 1 is 1.35 bits per heavy atom. The minimum Gasteiger partial charge on any atom is -0.444 e. The molecule has 0 radical (unpaired) electrons. The maximum Gasteiger partial charge on any atom is 0.407 e. The van der Waals surface area contributed by atoms with Crippen LogP contribution in [0.4, 0.5) is 4.79 Å². The molecule has 1 aromatic rings. The molecule has 0 saturated heterocycles. The van der Waals surface area contributed by atoms with Crippen molar-refractivity contribution < 1.29 is 9.53 Å². The highest BCUT2D eigenvalue weighted by molar-refractivity contribution is 6.33. The van der Waals surface area contributed by atoms with Gasteiger partial charge >= 0.3 is 6.09 Å². The van der Waals surface area contributed by atoms with Crippen molar-refractivity contribution in [2.24, 2.45) is 5.92 Å². The zero-order valence-electron chi connectivity index (χ0n) is 13.8. The predicted molar refractivity (Wildman–Crippen MR) is 94.1 cm³/mol. The van der Waals surface area contributed by atoms with Crippen molar-refractivity contribution in [1.29, 1.82) is 0 Å². The Balaban J connectivity index is 1.85. The van der Waals surface area contributed by atoms with Crippen LogP contribution in [-0.4, -0.2) is 24.3 Å². The molecule has 4 nitrogen and oxygen atoms in total. The summed E-state index contributed by atoms with van der Waals surface area (Å²) in [5.74, 6) is 0.586. The first kappa shape index (κ1) is 18.4. The lowest BCUT2D eigenvalue weighted by Crippen LogP contribution is -2.43. The van der Waals surface area contributed by atoms with Gasteiger partial charge in [0.2, 0.25) is 0 Å². The van der Waals surface area contributed by atoms with E-state index in [2.05, 4.69) is 10.6 Å². The van der Waals surface area contributed by atoms with E-state index in [1.54, 1.807) is 12.1 Å². The maximum atomic E-state index is 11.8. The molecule has 23 heavy (non-hydrogen) atoms. The predicted octanol–water partition coefficient (Wildman–Crippen LogP) is 4.39. The summed E-state index contributed by atoms with van der Waals surface area (Å²) >= 11 is 12.2. The second-order valence-corrected chi connectivity index (χ2v) is 7.79. The summed E-state index contributed by atoms with van der Waals surface area (Å²) in [7, 11) is 0. The van der Waals surface area contributed by atoms with Gasteiger partial charge in [-0.15, -0.1) is 0 Å². The first-order valence-electron chi connectivity index (χ1n) is 7.89. The third kappa shape index (κ3) is 6.58. The van der Waals surface area contributed by atoms with Crippen molar-refractivity contribution >= 4 is 29.3 Å². The first-order chi connectivity index (χ1) is 10.7. The fourth-order valence-corrected chi connectivity index (χ4v) is 2.71. The number of alkyl carbamates (subject to hydrolysis) is 1. The number of halogens is 2. The molecule has 1 atom stereocenters. The standard InChI is InChI=1S/C17H24Cl2N2O2/c1-17(2,3)23-16(22)21-10-15(11-4-5-11)20-9-12-8-13(18)6-7-14(12)19/h6-8,11,15,20H,4-5,9-10H2,1-3H3,(H,21,22). The van der Waals surface area contributed by atoms with Gasteiger partial charge in [0.25, 0.3) is 0 Å². The van der Waals surface area contributed by atoms with Gasteiger partial charge in [0, 0.05) is 29.2 Å². The topological polar surface area (TPSA) is 50.4 Å². The Morgan fingerprint density at radius 3 is 2.65 bits per heavy atom. The number of hydrogen-bond donors (Lipinski definition) is 2. The summed E-state index contributed by atoms with van der Waals surface area (Å²) in [6.45, 7) is 6.72. The molecule has 1 saturated carbocycles. The average Bonchev–Trinajstić information content (AvgIpc) is 3.25. The van der Waals surface area contributed by atoms with Gasteiger partial charge in [-0.05, 0) is 63.3 Å². The summed E-state index contributed by atoms with van der Waals surface area (Å²) < 4.78 is 5.27. The maximum absolute atomic E-state index is 11.8. The zero-order valence-corrected chi connectivity index (χ0v) is 15.3. The summed E-state index contributed by atoms with van der Waals surface area (Å²) in [5, 5.41) is 7.67. The molecule has 2 N–H and O–H groups in total. The van der Waals surface area contributed by atoms with Crippen LogP contribution in [0.3, 0.4) is 0 Å². The lowest BCUT2D eigenvalue weighted by molar-refractivity contribution is 0.0521. The van der Waals surface area contributed by atoms with Gasteiger partial charge in [-0.2, -0.15) is 0 Å². The second kappa shape index (κ2) is 7.73. The molecule has 1 unspecified atom stereocenters. The number of benzene rings is 1. The molecule has 0 heterocycles. The zero-order chi connectivity index (χ0) is 17.0. The number of carbonyl (C=O) groups excluding carboxylic acids is 1. The summed E-state index contributed by atoms with van der Waals surface area (Å²) in [4.78, 5) is 11.8. The van der Waals surface area contributed by atoms with Crippen molar-refractivity contribution in [1.82, 2.24) is 10.6 Å². The lowest BCUT2D eigenvalue weighted by atomic mass is 10.1. The molecule has 1 aromatic carbocycles. The first-order valence-corrected chi connectivity index (χ1v) is 8.64. The van der Waals surface area contributed by atoms with Crippen LogP contribution in [0, 0.1) is 5.92 Å². The minimum absolute atomic E-state index is 0.206. The number of amides is 1. The van der Waals surface area contributed by atoms with Crippen LogP contribution >= 0.6 is 23.2 Å². The monoisotopic (exact) mass is 358 g/mol. The van der Waals surface area contributed by atoms with Crippen LogP contribution in [0.5, 0.6) is 0 Å². The van der Waals surface area contributed by atoms with Gasteiger partial charge in [0.1, 0.15) is 5.60 Å².